The molecule has 2 amide bonds. The van der Waals surface area contributed by atoms with E-state index in [4.69, 9.17) is 23.2 Å². The molecule has 3 rings (SSSR count). The Bertz CT molecular complexity index is 904. The standard InChI is InChI=1S/C17H13Cl2N3O2/c18-11-3-5-13(6-4-11)21-16(23)9-20-17(24)15-7-10-1-2-12(19)8-14(10)22-15/h1-8,22H,9H2,(H,20,24)(H,21,23). The van der Waals surface area contributed by atoms with E-state index in [0.717, 1.165) is 10.9 Å². The largest absolute Gasteiger partial charge is 0.350 e. The molecule has 0 radical (unpaired) electrons. The van der Waals surface area contributed by atoms with Crippen molar-refractivity contribution in [2.45, 2.75) is 0 Å². The lowest BCUT2D eigenvalue weighted by molar-refractivity contribution is -0.115. The average Bonchev–Trinajstić information content (AvgIpc) is 2.98. The van der Waals surface area contributed by atoms with Gasteiger partial charge in [0.1, 0.15) is 5.69 Å². The third-order valence-electron chi connectivity index (χ3n) is 3.37. The number of nitrogens with one attached hydrogen (secondary N) is 3. The first-order valence-corrected chi connectivity index (χ1v) is 7.89. The summed E-state index contributed by atoms with van der Waals surface area (Å²) in [6.07, 6.45) is 0. The first-order chi connectivity index (χ1) is 11.5. The molecule has 0 fully saturated rings. The van der Waals surface area contributed by atoms with Gasteiger partial charge in [-0.2, -0.15) is 0 Å². The van der Waals surface area contributed by atoms with Crippen molar-refractivity contribution in [3.05, 3.63) is 64.3 Å². The smallest absolute Gasteiger partial charge is 0.268 e. The first kappa shape index (κ1) is 16.4. The summed E-state index contributed by atoms with van der Waals surface area (Å²) in [6.45, 7) is -0.141. The van der Waals surface area contributed by atoms with E-state index in [2.05, 4.69) is 15.6 Å². The van der Waals surface area contributed by atoms with Crippen LogP contribution in [-0.4, -0.2) is 23.3 Å². The number of aromatic amines is 1. The molecule has 0 spiro atoms. The lowest BCUT2D eigenvalue weighted by Gasteiger charge is -2.06. The zero-order valence-electron chi connectivity index (χ0n) is 12.4. The molecule has 0 aliphatic rings. The van der Waals surface area contributed by atoms with Crippen molar-refractivity contribution in [3.8, 4) is 0 Å². The number of halogens is 2. The van der Waals surface area contributed by atoms with Crippen molar-refractivity contribution < 1.29 is 9.59 Å². The molecule has 0 aliphatic carbocycles. The second kappa shape index (κ2) is 6.95. The maximum absolute atomic E-state index is 12.1. The second-order valence-corrected chi connectivity index (χ2v) is 6.03. The van der Waals surface area contributed by atoms with Crippen LogP contribution in [0.4, 0.5) is 5.69 Å². The lowest BCUT2D eigenvalue weighted by atomic mass is 10.2. The van der Waals surface area contributed by atoms with E-state index in [0.29, 0.717) is 21.4 Å². The molecular weight excluding hydrogens is 349 g/mol. The number of benzene rings is 2. The molecule has 0 bridgehead atoms. The van der Waals surface area contributed by atoms with Crippen LogP contribution in [-0.2, 0) is 4.79 Å². The van der Waals surface area contributed by atoms with Crippen LogP contribution < -0.4 is 10.6 Å². The number of hydrogen-bond acceptors (Lipinski definition) is 2. The number of fused-ring (bicyclic) bond motifs is 1. The Labute approximate surface area is 148 Å². The molecule has 0 saturated carbocycles. The van der Waals surface area contributed by atoms with E-state index in [9.17, 15) is 9.59 Å². The van der Waals surface area contributed by atoms with Crippen LogP contribution in [0.1, 0.15) is 10.5 Å². The fourth-order valence-corrected chi connectivity index (χ4v) is 2.51. The molecule has 3 N–H and O–H groups in total. The van der Waals surface area contributed by atoms with Crippen molar-refractivity contribution in [3.63, 3.8) is 0 Å². The predicted octanol–water partition coefficient (Wildman–Crippen LogP) is 3.84. The highest BCUT2D eigenvalue weighted by atomic mass is 35.5. The molecule has 2 aromatic carbocycles. The molecule has 24 heavy (non-hydrogen) atoms. The Morgan fingerprint density at radius 3 is 2.42 bits per heavy atom. The van der Waals surface area contributed by atoms with E-state index < -0.39 is 0 Å². The quantitative estimate of drug-likeness (QED) is 0.660. The van der Waals surface area contributed by atoms with Gasteiger partial charge in [-0.05, 0) is 42.5 Å². The SMILES string of the molecule is O=C(CNC(=O)c1cc2ccc(Cl)cc2[nH]1)Nc1ccc(Cl)cc1. The zero-order chi connectivity index (χ0) is 17.1. The van der Waals surface area contributed by atoms with Crippen LogP contribution in [0.15, 0.2) is 48.5 Å². The number of H-pyrrole nitrogens is 1. The van der Waals surface area contributed by atoms with Crippen molar-refractivity contribution in [2.75, 3.05) is 11.9 Å². The Hall–Kier alpha value is -2.50. The van der Waals surface area contributed by atoms with Gasteiger partial charge in [-0.25, -0.2) is 0 Å². The van der Waals surface area contributed by atoms with E-state index in [1.165, 1.54) is 0 Å². The molecule has 122 valence electrons. The van der Waals surface area contributed by atoms with Crippen LogP contribution in [0.5, 0.6) is 0 Å². The number of anilines is 1. The van der Waals surface area contributed by atoms with E-state index >= 15 is 0 Å². The summed E-state index contributed by atoms with van der Waals surface area (Å²) in [5, 5.41) is 7.27. The number of hydrogen-bond donors (Lipinski definition) is 3. The Kier molecular flexibility index (Phi) is 4.74. The lowest BCUT2D eigenvalue weighted by Crippen LogP contribution is -2.33. The van der Waals surface area contributed by atoms with Gasteiger partial charge in [0, 0.05) is 26.6 Å². The summed E-state index contributed by atoms with van der Waals surface area (Å²) in [5.41, 5.74) is 1.74. The highest BCUT2D eigenvalue weighted by molar-refractivity contribution is 6.31. The summed E-state index contributed by atoms with van der Waals surface area (Å²) in [4.78, 5) is 27.0. The van der Waals surface area contributed by atoms with Gasteiger partial charge < -0.3 is 15.6 Å². The van der Waals surface area contributed by atoms with Gasteiger partial charge in [0.05, 0.1) is 6.54 Å². The van der Waals surface area contributed by atoms with Crippen molar-refractivity contribution in [1.82, 2.24) is 10.3 Å². The Balaban J connectivity index is 1.59. The summed E-state index contributed by atoms with van der Waals surface area (Å²) >= 11 is 11.7. The van der Waals surface area contributed by atoms with Crippen LogP contribution in [0.2, 0.25) is 10.0 Å². The highest BCUT2D eigenvalue weighted by Gasteiger charge is 2.11. The Morgan fingerprint density at radius 1 is 0.958 bits per heavy atom. The van der Waals surface area contributed by atoms with Crippen LogP contribution in [0.3, 0.4) is 0 Å². The van der Waals surface area contributed by atoms with Crippen molar-refractivity contribution in [2.24, 2.45) is 0 Å². The molecular formula is C17H13Cl2N3O2. The summed E-state index contributed by atoms with van der Waals surface area (Å²) in [7, 11) is 0. The summed E-state index contributed by atoms with van der Waals surface area (Å²) < 4.78 is 0. The third-order valence-corrected chi connectivity index (χ3v) is 3.85. The molecule has 3 aromatic rings. The molecule has 0 aliphatic heterocycles. The first-order valence-electron chi connectivity index (χ1n) is 7.13. The van der Waals surface area contributed by atoms with Gasteiger partial charge in [-0.15, -0.1) is 0 Å². The third kappa shape index (κ3) is 3.88. The van der Waals surface area contributed by atoms with Gasteiger partial charge in [-0.3, -0.25) is 9.59 Å². The van der Waals surface area contributed by atoms with Crippen LogP contribution >= 0.6 is 23.2 Å². The molecule has 1 aromatic heterocycles. The minimum Gasteiger partial charge on any atom is -0.350 e. The topological polar surface area (TPSA) is 74.0 Å². The summed E-state index contributed by atoms with van der Waals surface area (Å²) in [5.74, 6) is -0.696. The van der Waals surface area contributed by atoms with Gasteiger partial charge in [0.2, 0.25) is 5.91 Å². The van der Waals surface area contributed by atoms with Crippen LogP contribution in [0, 0.1) is 0 Å². The molecule has 1 heterocycles. The van der Waals surface area contributed by atoms with Crippen molar-refractivity contribution in [1.29, 1.82) is 0 Å². The van der Waals surface area contributed by atoms with Crippen LogP contribution in [0.25, 0.3) is 10.9 Å². The van der Waals surface area contributed by atoms with Gasteiger partial charge >= 0.3 is 0 Å². The monoisotopic (exact) mass is 361 g/mol. The number of aromatic nitrogens is 1. The molecule has 0 saturated heterocycles. The zero-order valence-corrected chi connectivity index (χ0v) is 13.9. The molecule has 7 heteroatoms. The maximum Gasteiger partial charge on any atom is 0.268 e. The number of carbonyl (C=O) groups excluding carboxylic acids is 2. The minimum atomic E-state index is -0.367. The van der Waals surface area contributed by atoms with Gasteiger partial charge in [0.25, 0.3) is 5.91 Å². The normalized spacial score (nSPS) is 10.6. The molecule has 5 nitrogen and oxygen atoms in total. The number of carbonyl (C=O) groups is 2. The van der Waals surface area contributed by atoms with E-state index in [1.807, 2.05) is 6.07 Å². The average molecular weight is 362 g/mol. The summed E-state index contributed by atoms with van der Waals surface area (Å²) in [6, 6.07) is 13.7. The molecule has 0 atom stereocenters. The van der Waals surface area contributed by atoms with E-state index in [-0.39, 0.29) is 18.4 Å². The van der Waals surface area contributed by atoms with Crippen molar-refractivity contribution >= 4 is 51.6 Å². The maximum atomic E-state index is 12.1. The fourth-order valence-electron chi connectivity index (χ4n) is 2.22. The van der Waals surface area contributed by atoms with Gasteiger partial charge in [-0.1, -0.05) is 29.3 Å². The highest BCUT2D eigenvalue weighted by Crippen LogP contribution is 2.19. The predicted molar refractivity (Wildman–Crippen MR) is 95.7 cm³/mol. The molecule has 0 unspecified atom stereocenters. The fraction of sp³-hybridized carbons (Fsp3) is 0.0588. The number of amides is 2. The number of rotatable bonds is 4. The Morgan fingerprint density at radius 2 is 1.67 bits per heavy atom. The second-order valence-electron chi connectivity index (χ2n) is 5.15. The minimum absolute atomic E-state index is 0.141. The van der Waals surface area contributed by atoms with E-state index in [1.54, 1.807) is 42.5 Å². The van der Waals surface area contributed by atoms with Gasteiger partial charge in [0.15, 0.2) is 0 Å².